The van der Waals surface area contributed by atoms with Crippen LogP contribution in [0.15, 0.2) is 24.3 Å². The third-order valence-electron chi connectivity index (χ3n) is 4.10. The highest BCUT2D eigenvalue weighted by atomic mass is 19.1. The Morgan fingerprint density at radius 3 is 2.50 bits per heavy atom. The Labute approximate surface area is 130 Å². The van der Waals surface area contributed by atoms with Crippen LogP contribution in [-0.2, 0) is 4.79 Å². The van der Waals surface area contributed by atoms with Gasteiger partial charge in [0.05, 0.1) is 5.56 Å². The van der Waals surface area contributed by atoms with E-state index in [0.29, 0.717) is 25.6 Å². The summed E-state index contributed by atoms with van der Waals surface area (Å²) in [7, 11) is 0. The molecule has 1 saturated heterocycles. The number of hydrogen-bond donors (Lipinski definition) is 1. The predicted molar refractivity (Wildman–Crippen MR) is 82.9 cm³/mol. The molecule has 0 radical (unpaired) electrons. The first-order chi connectivity index (χ1) is 10.5. The summed E-state index contributed by atoms with van der Waals surface area (Å²) < 4.78 is 13.7. The number of piperidine rings is 1. The second kappa shape index (κ2) is 7.38. The van der Waals surface area contributed by atoms with Crippen LogP contribution in [0.1, 0.15) is 37.0 Å². The monoisotopic (exact) mass is 306 g/mol. The highest BCUT2D eigenvalue weighted by Gasteiger charge is 2.25. The Kier molecular flexibility index (Phi) is 5.52. The zero-order valence-electron chi connectivity index (χ0n) is 13.1. The van der Waals surface area contributed by atoms with Gasteiger partial charge >= 0.3 is 0 Å². The largest absolute Gasteiger partial charge is 0.356 e. The summed E-state index contributed by atoms with van der Waals surface area (Å²) in [6, 6.07) is 6.08. The van der Waals surface area contributed by atoms with Crippen molar-refractivity contribution >= 4 is 11.8 Å². The summed E-state index contributed by atoms with van der Waals surface area (Å²) in [5, 5.41) is 2.93. The molecule has 0 saturated carbocycles. The molecule has 1 aliphatic rings. The van der Waals surface area contributed by atoms with Crippen molar-refractivity contribution in [3.05, 3.63) is 35.6 Å². The molecule has 0 unspecified atom stereocenters. The fraction of sp³-hybridized carbons (Fsp3) is 0.529. The van der Waals surface area contributed by atoms with Crippen LogP contribution in [0.3, 0.4) is 0 Å². The molecular weight excluding hydrogens is 283 g/mol. The average molecular weight is 306 g/mol. The van der Waals surface area contributed by atoms with Gasteiger partial charge in [0.2, 0.25) is 5.91 Å². The SMILES string of the molecule is CC(C)C(=O)NCC1CCN(C(=O)c2ccccc2F)CC1. The quantitative estimate of drug-likeness (QED) is 0.929. The highest BCUT2D eigenvalue weighted by Crippen LogP contribution is 2.19. The third-order valence-corrected chi connectivity index (χ3v) is 4.10. The van der Waals surface area contributed by atoms with Gasteiger partial charge in [0, 0.05) is 25.6 Å². The second-order valence-electron chi connectivity index (χ2n) is 6.12. The van der Waals surface area contributed by atoms with Gasteiger partial charge in [-0.15, -0.1) is 0 Å². The molecule has 1 heterocycles. The Hall–Kier alpha value is -1.91. The summed E-state index contributed by atoms with van der Waals surface area (Å²) in [6.07, 6.45) is 1.66. The Balaban J connectivity index is 1.83. The first-order valence-corrected chi connectivity index (χ1v) is 7.80. The van der Waals surface area contributed by atoms with Crippen molar-refractivity contribution in [1.82, 2.24) is 10.2 Å². The minimum atomic E-state index is -0.473. The standard InChI is InChI=1S/C17H23FN2O2/c1-12(2)16(21)19-11-13-7-9-20(10-8-13)17(22)14-5-3-4-6-15(14)18/h3-6,12-13H,7-11H2,1-2H3,(H,19,21). The van der Waals surface area contributed by atoms with Crippen molar-refractivity contribution in [3.8, 4) is 0 Å². The molecule has 120 valence electrons. The molecule has 0 bridgehead atoms. The van der Waals surface area contributed by atoms with E-state index >= 15 is 0 Å². The summed E-state index contributed by atoms with van der Waals surface area (Å²) in [4.78, 5) is 25.6. The van der Waals surface area contributed by atoms with Gasteiger partial charge in [-0.1, -0.05) is 26.0 Å². The first kappa shape index (κ1) is 16.5. The molecular formula is C17H23FN2O2. The Bertz CT molecular complexity index is 537. The van der Waals surface area contributed by atoms with Crippen molar-refractivity contribution in [2.45, 2.75) is 26.7 Å². The zero-order valence-corrected chi connectivity index (χ0v) is 13.1. The fourth-order valence-electron chi connectivity index (χ4n) is 2.59. The summed E-state index contributed by atoms with van der Waals surface area (Å²) in [5.74, 6) is -0.290. The molecule has 0 aromatic heterocycles. The first-order valence-electron chi connectivity index (χ1n) is 7.80. The lowest BCUT2D eigenvalue weighted by molar-refractivity contribution is -0.124. The summed E-state index contributed by atoms with van der Waals surface area (Å²) in [5.41, 5.74) is 0.133. The van der Waals surface area contributed by atoms with E-state index in [2.05, 4.69) is 5.32 Å². The molecule has 0 aliphatic carbocycles. The molecule has 0 spiro atoms. The molecule has 2 rings (SSSR count). The van der Waals surface area contributed by atoms with Crippen molar-refractivity contribution in [2.24, 2.45) is 11.8 Å². The lowest BCUT2D eigenvalue weighted by Gasteiger charge is -2.32. The van der Waals surface area contributed by atoms with Crippen molar-refractivity contribution in [1.29, 1.82) is 0 Å². The maximum Gasteiger partial charge on any atom is 0.256 e. The molecule has 1 aromatic carbocycles. The van der Waals surface area contributed by atoms with Gasteiger partial charge in [0.15, 0.2) is 0 Å². The van der Waals surface area contributed by atoms with E-state index in [1.165, 1.54) is 12.1 Å². The normalized spacial score (nSPS) is 15.9. The van der Waals surface area contributed by atoms with Gasteiger partial charge in [-0.3, -0.25) is 9.59 Å². The van der Waals surface area contributed by atoms with Gasteiger partial charge in [-0.25, -0.2) is 4.39 Å². The molecule has 1 N–H and O–H groups in total. The number of amides is 2. The van der Waals surface area contributed by atoms with Gasteiger partial charge in [-0.2, -0.15) is 0 Å². The molecule has 1 aliphatic heterocycles. The van der Waals surface area contributed by atoms with Gasteiger partial charge in [0.25, 0.3) is 5.91 Å². The van der Waals surface area contributed by atoms with Crippen LogP contribution in [0.4, 0.5) is 4.39 Å². The topological polar surface area (TPSA) is 49.4 Å². The molecule has 1 aromatic rings. The van der Waals surface area contributed by atoms with Crippen LogP contribution in [0, 0.1) is 17.7 Å². The number of nitrogens with one attached hydrogen (secondary N) is 1. The van der Waals surface area contributed by atoms with E-state index < -0.39 is 5.82 Å². The number of likely N-dealkylation sites (tertiary alicyclic amines) is 1. The number of carbonyl (C=O) groups excluding carboxylic acids is 2. The van der Waals surface area contributed by atoms with E-state index in [4.69, 9.17) is 0 Å². The van der Waals surface area contributed by atoms with Crippen LogP contribution >= 0.6 is 0 Å². The number of nitrogens with zero attached hydrogens (tertiary/aromatic N) is 1. The average Bonchev–Trinajstić information content (AvgIpc) is 2.52. The van der Waals surface area contributed by atoms with E-state index in [-0.39, 0.29) is 23.3 Å². The number of rotatable bonds is 4. The van der Waals surface area contributed by atoms with Crippen LogP contribution < -0.4 is 5.32 Å². The molecule has 1 fully saturated rings. The molecule has 2 amide bonds. The second-order valence-corrected chi connectivity index (χ2v) is 6.12. The van der Waals surface area contributed by atoms with Crippen LogP contribution in [0.25, 0.3) is 0 Å². The summed E-state index contributed by atoms with van der Waals surface area (Å²) >= 11 is 0. The van der Waals surface area contributed by atoms with Crippen LogP contribution in [-0.4, -0.2) is 36.3 Å². The minimum Gasteiger partial charge on any atom is -0.356 e. The molecule has 5 heteroatoms. The van der Waals surface area contributed by atoms with Gasteiger partial charge < -0.3 is 10.2 Å². The number of carbonyl (C=O) groups is 2. The van der Waals surface area contributed by atoms with Crippen molar-refractivity contribution < 1.29 is 14.0 Å². The number of halogens is 1. The van der Waals surface area contributed by atoms with Gasteiger partial charge in [0.1, 0.15) is 5.82 Å². The van der Waals surface area contributed by atoms with E-state index in [9.17, 15) is 14.0 Å². The van der Waals surface area contributed by atoms with Crippen LogP contribution in [0.5, 0.6) is 0 Å². The summed E-state index contributed by atoms with van der Waals surface area (Å²) in [6.45, 7) is 5.60. The lowest BCUT2D eigenvalue weighted by Crippen LogP contribution is -2.42. The van der Waals surface area contributed by atoms with E-state index in [1.807, 2.05) is 13.8 Å². The molecule has 0 atom stereocenters. The minimum absolute atomic E-state index is 0.0114. The van der Waals surface area contributed by atoms with E-state index in [1.54, 1.807) is 17.0 Å². The Morgan fingerprint density at radius 1 is 1.27 bits per heavy atom. The highest BCUT2D eigenvalue weighted by molar-refractivity contribution is 5.94. The van der Waals surface area contributed by atoms with Crippen molar-refractivity contribution in [3.63, 3.8) is 0 Å². The van der Waals surface area contributed by atoms with E-state index in [0.717, 1.165) is 12.8 Å². The molecule has 4 nitrogen and oxygen atoms in total. The molecule has 22 heavy (non-hydrogen) atoms. The Morgan fingerprint density at radius 2 is 1.91 bits per heavy atom. The fourth-order valence-corrected chi connectivity index (χ4v) is 2.59. The number of hydrogen-bond acceptors (Lipinski definition) is 2. The third kappa shape index (κ3) is 4.06. The number of benzene rings is 1. The van der Waals surface area contributed by atoms with Gasteiger partial charge in [-0.05, 0) is 30.9 Å². The zero-order chi connectivity index (χ0) is 16.1. The predicted octanol–water partition coefficient (Wildman–Crippen LogP) is 2.45. The smallest absolute Gasteiger partial charge is 0.256 e. The lowest BCUT2D eigenvalue weighted by atomic mass is 9.96. The maximum atomic E-state index is 13.7. The van der Waals surface area contributed by atoms with Crippen LogP contribution in [0.2, 0.25) is 0 Å². The maximum absolute atomic E-state index is 13.7. The van der Waals surface area contributed by atoms with Crippen molar-refractivity contribution in [2.75, 3.05) is 19.6 Å².